The molecule has 0 saturated carbocycles. The average molecular weight is 366 g/mol. The SMILES string of the molecule is COc1cccc(C2NC(=O)NC(C)=C2C(=O)OCCc2ccccc2)c1. The summed E-state index contributed by atoms with van der Waals surface area (Å²) < 4.78 is 10.7. The van der Waals surface area contributed by atoms with Crippen LogP contribution in [0.15, 0.2) is 65.9 Å². The maximum atomic E-state index is 12.7. The van der Waals surface area contributed by atoms with Gasteiger partial charge in [-0.25, -0.2) is 9.59 Å². The van der Waals surface area contributed by atoms with Crippen LogP contribution in [0.3, 0.4) is 0 Å². The number of urea groups is 1. The van der Waals surface area contributed by atoms with Gasteiger partial charge in [0.2, 0.25) is 0 Å². The van der Waals surface area contributed by atoms with E-state index in [0.29, 0.717) is 23.4 Å². The largest absolute Gasteiger partial charge is 0.497 e. The number of hydrogen-bond donors (Lipinski definition) is 2. The number of amides is 2. The van der Waals surface area contributed by atoms with E-state index in [4.69, 9.17) is 9.47 Å². The molecule has 3 rings (SSSR count). The van der Waals surface area contributed by atoms with E-state index in [2.05, 4.69) is 10.6 Å². The fourth-order valence-corrected chi connectivity index (χ4v) is 3.02. The first-order valence-electron chi connectivity index (χ1n) is 8.72. The minimum atomic E-state index is -0.599. The zero-order chi connectivity index (χ0) is 19.2. The smallest absolute Gasteiger partial charge is 0.338 e. The van der Waals surface area contributed by atoms with Crippen molar-refractivity contribution in [3.63, 3.8) is 0 Å². The van der Waals surface area contributed by atoms with Gasteiger partial charge >= 0.3 is 12.0 Å². The van der Waals surface area contributed by atoms with Crippen LogP contribution in [-0.2, 0) is 16.0 Å². The van der Waals surface area contributed by atoms with E-state index in [1.807, 2.05) is 42.5 Å². The molecule has 0 radical (unpaired) electrons. The lowest BCUT2D eigenvalue weighted by molar-refractivity contribution is -0.139. The van der Waals surface area contributed by atoms with E-state index in [0.717, 1.165) is 11.1 Å². The van der Waals surface area contributed by atoms with Gasteiger partial charge in [0.25, 0.3) is 0 Å². The van der Waals surface area contributed by atoms with Crippen molar-refractivity contribution in [1.82, 2.24) is 10.6 Å². The van der Waals surface area contributed by atoms with Crippen LogP contribution in [-0.4, -0.2) is 25.7 Å². The number of allylic oxidation sites excluding steroid dienone is 1. The molecule has 2 aromatic carbocycles. The lowest BCUT2D eigenvalue weighted by atomic mass is 9.95. The number of carbonyl (C=O) groups excluding carboxylic acids is 2. The Bertz CT molecular complexity index is 861. The summed E-state index contributed by atoms with van der Waals surface area (Å²) >= 11 is 0. The molecule has 1 heterocycles. The second-order valence-electron chi connectivity index (χ2n) is 6.22. The summed E-state index contributed by atoms with van der Waals surface area (Å²) in [5.74, 6) is 0.193. The third kappa shape index (κ3) is 4.47. The van der Waals surface area contributed by atoms with E-state index in [1.165, 1.54) is 0 Å². The lowest BCUT2D eigenvalue weighted by Crippen LogP contribution is -2.45. The standard InChI is InChI=1S/C21H22N2O4/c1-14-18(20(24)27-12-11-15-7-4-3-5-8-15)19(23-21(25)22-14)16-9-6-10-17(13-16)26-2/h3-10,13,19H,11-12H2,1-2H3,(H2,22,23,25). The summed E-state index contributed by atoms with van der Waals surface area (Å²) in [6, 6.07) is 16.1. The van der Waals surface area contributed by atoms with Crippen LogP contribution >= 0.6 is 0 Å². The third-order valence-electron chi connectivity index (χ3n) is 4.38. The van der Waals surface area contributed by atoms with Gasteiger partial charge in [-0.1, -0.05) is 42.5 Å². The number of ether oxygens (including phenoxy) is 2. The Balaban J connectivity index is 1.77. The first-order valence-corrected chi connectivity index (χ1v) is 8.72. The highest BCUT2D eigenvalue weighted by Gasteiger charge is 2.32. The molecule has 1 atom stereocenters. The van der Waals surface area contributed by atoms with Crippen LogP contribution in [0, 0.1) is 0 Å². The van der Waals surface area contributed by atoms with Gasteiger partial charge in [-0.3, -0.25) is 0 Å². The lowest BCUT2D eigenvalue weighted by Gasteiger charge is -2.28. The second-order valence-corrected chi connectivity index (χ2v) is 6.22. The van der Waals surface area contributed by atoms with Gasteiger partial charge in [0.1, 0.15) is 5.75 Å². The van der Waals surface area contributed by atoms with E-state index >= 15 is 0 Å². The Kier molecular flexibility index (Phi) is 5.76. The summed E-state index contributed by atoms with van der Waals surface area (Å²) in [5, 5.41) is 5.43. The molecule has 27 heavy (non-hydrogen) atoms. The van der Waals surface area contributed by atoms with Gasteiger partial charge in [0.05, 0.1) is 25.3 Å². The van der Waals surface area contributed by atoms with Crippen LogP contribution in [0.4, 0.5) is 4.79 Å². The summed E-state index contributed by atoms with van der Waals surface area (Å²) in [4.78, 5) is 24.7. The van der Waals surface area contributed by atoms with Crippen molar-refractivity contribution in [3.8, 4) is 5.75 Å². The number of rotatable bonds is 6. The van der Waals surface area contributed by atoms with Crippen LogP contribution < -0.4 is 15.4 Å². The summed E-state index contributed by atoms with van der Waals surface area (Å²) in [6.45, 7) is 1.96. The number of hydrogen-bond acceptors (Lipinski definition) is 4. The maximum absolute atomic E-state index is 12.7. The molecule has 1 unspecified atom stereocenters. The molecule has 0 saturated heterocycles. The highest BCUT2D eigenvalue weighted by Crippen LogP contribution is 2.29. The van der Waals surface area contributed by atoms with Gasteiger partial charge in [-0.2, -0.15) is 0 Å². The number of methoxy groups -OCH3 is 1. The van der Waals surface area contributed by atoms with Gasteiger partial charge in [0.15, 0.2) is 0 Å². The van der Waals surface area contributed by atoms with Crippen LogP contribution in [0.25, 0.3) is 0 Å². The van der Waals surface area contributed by atoms with Gasteiger partial charge in [-0.15, -0.1) is 0 Å². The molecule has 1 aliphatic heterocycles. The highest BCUT2D eigenvalue weighted by molar-refractivity contribution is 5.95. The third-order valence-corrected chi connectivity index (χ3v) is 4.38. The molecule has 2 aromatic rings. The molecule has 0 aromatic heterocycles. The van der Waals surface area contributed by atoms with E-state index in [-0.39, 0.29) is 12.6 Å². The predicted octanol–water partition coefficient (Wildman–Crippen LogP) is 3.11. The van der Waals surface area contributed by atoms with Gasteiger partial charge in [0, 0.05) is 12.1 Å². The van der Waals surface area contributed by atoms with E-state index in [1.54, 1.807) is 26.2 Å². The first kappa shape index (κ1) is 18.5. The van der Waals surface area contributed by atoms with Crippen molar-refractivity contribution in [2.75, 3.05) is 13.7 Å². The van der Waals surface area contributed by atoms with Crippen LogP contribution in [0.1, 0.15) is 24.1 Å². The summed E-state index contributed by atoms with van der Waals surface area (Å²) in [5.41, 5.74) is 2.71. The molecule has 0 spiro atoms. The second kappa shape index (κ2) is 8.40. The fraction of sp³-hybridized carbons (Fsp3) is 0.238. The molecule has 6 heteroatoms. The van der Waals surface area contributed by atoms with Crippen molar-refractivity contribution >= 4 is 12.0 Å². The Labute approximate surface area is 158 Å². The normalized spacial score (nSPS) is 16.4. The van der Waals surface area contributed by atoms with Crippen LogP contribution in [0.5, 0.6) is 5.75 Å². The molecule has 6 nitrogen and oxygen atoms in total. The fourth-order valence-electron chi connectivity index (χ4n) is 3.02. The summed E-state index contributed by atoms with van der Waals surface area (Å²) in [7, 11) is 1.57. The highest BCUT2D eigenvalue weighted by atomic mass is 16.5. The minimum Gasteiger partial charge on any atom is -0.497 e. The van der Waals surface area contributed by atoms with Crippen LogP contribution in [0.2, 0.25) is 0 Å². The Morgan fingerprint density at radius 3 is 2.63 bits per heavy atom. The monoisotopic (exact) mass is 366 g/mol. The number of carbonyl (C=O) groups is 2. The molecule has 2 N–H and O–H groups in total. The Morgan fingerprint density at radius 2 is 1.89 bits per heavy atom. The Morgan fingerprint density at radius 1 is 1.11 bits per heavy atom. The predicted molar refractivity (Wildman–Crippen MR) is 101 cm³/mol. The molecule has 2 amide bonds. The van der Waals surface area contributed by atoms with Gasteiger partial charge in [-0.05, 0) is 30.2 Å². The quantitative estimate of drug-likeness (QED) is 0.770. The zero-order valence-corrected chi connectivity index (χ0v) is 15.3. The molecule has 0 aliphatic carbocycles. The number of nitrogens with one attached hydrogen (secondary N) is 2. The Hall–Kier alpha value is -3.28. The summed E-state index contributed by atoms with van der Waals surface area (Å²) in [6.07, 6.45) is 0.628. The first-order chi connectivity index (χ1) is 13.1. The van der Waals surface area contributed by atoms with Crippen molar-refractivity contribution in [2.45, 2.75) is 19.4 Å². The van der Waals surface area contributed by atoms with E-state index < -0.39 is 12.0 Å². The van der Waals surface area contributed by atoms with E-state index in [9.17, 15) is 9.59 Å². The topological polar surface area (TPSA) is 76.7 Å². The average Bonchev–Trinajstić information content (AvgIpc) is 2.68. The zero-order valence-electron chi connectivity index (χ0n) is 15.3. The van der Waals surface area contributed by atoms with Crippen molar-refractivity contribution < 1.29 is 19.1 Å². The van der Waals surface area contributed by atoms with Crippen molar-refractivity contribution in [1.29, 1.82) is 0 Å². The molecule has 140 valence electrons. The molecule has 0 fully saturated rings. The maximum Gasteiger partial charge on any atom is 0.338 e. The van der Waals surface area contributed by atoms with Crippen molar-refractivity contribution in [2.24, 2.45) is 0 Å². The number of esters is 1. The molecular formula is C21H22N2O4. The minimum absolute atomic E-state index is 0.262. The molecular weight excluding hydrogens is 344 g/mol. The molecule has 1 aliphatic rings. The van der Waals surface area contributed by atoms with Crippen molar-refractivity contribution in [3.05, 3.63) is 77.0 Å². The van der Waals surface area contributed by atoms with Gasteiger partial charge < -0.3 is 20.1 Å². The number of benzene rings is 2. The molecule has 0 bridgehead atoms.